The average Bonchev–Trinajstić information content (AvgIpc) is 3.51. The van der Waals surface area contributed by atoms with Crippen LogP contribution < -0.4 is 5.32 Å². The first-order valence-corrected chi connectivity index (χ1v) is 9.71. The van der Waals surface area contributed by atoms with E-state index in [9.17, 15) is 9.59 Å². The second-order valence-electron chi connectivity index (χ2n) is 7.28. The van der Waals surface area contributed by atoms with Crippen molar-refractivity contribution in [1.29, 1.82) is 0 Å². The van der Waals surface area contributed by atoms with Crippen LogP contribution in [0.5, 0.6) is 0 Å². The summed E-state index contributed by atoms with van der Waals surface area (Å²) >= 11 is 0. The van der Waals surface area contributed by atoms with Crippen molar-refractivity contribution in [3.05, 3.63) is 71.8 Å². The lowest BCUT2D eigenvalue weighted by atomic mass is 9.85. The summed E-state index contributed by atoms with van der Waals surface area (Å²) in [6.45, 7) is 4.10. The van der Waals surface area contributed by atoms with Crippen molar-refractivity contribution in [1.82, 2.24) is 5.32 Å². The van der Waals surface area contributed by atoms with E-state index in [1.807, 2.05) is 67.6 Å². The Hall–Kier alpha value is -2.62. The Morgan fingerprint density at radius 2 is 1.56 bits per heavy atom. The van der Waals surface area contributed by atoms with Gasteiger partial charge in [-0.1, -0.05) is 80.9 Å². The fourth-order valence-electron chi connectivity index (χ4n) is 3.19. The number of rotatable bonds is 8. The fourth-order valence-corrected chi connectivity index (χ4v) is 3.19. The second-order valence-corrected chi connectivity index (χ2v) is 7.28. The van der Waals surface area contributed by atoms with E-state index >= 15 is 0 Å². The monoisotopic (exact) mass is 365 g/mol. The van der Waals surface area contributed by atoms with Crippen molar-refractivity contribution in [3.63, 3.8) is 0 Å². The van der Waals surface area contributed by atoms with Crippen LogP contribution in [0.4, 0.5) is 0 Å². The third-order valence-corrected chi connectivity index (χ3v) is 5.12. The summed E-state index contributed by atoms with van der Waals surface area (Å²) in [7, 11) is 0. The van der Waals surface area contributed by atoms with Gasteiger partial charge in [-0.05, 0) is 24.3 Å². The summed E-state index contributed by atoms with van der Waals surface area (Å²) in [6.07, 6.45) is 1.90. The molecule has 1 N–H and O–H groups in total. The zero-order valence-electron chi connectivity index (χ0n) is 15.9. The van der Waals surface area contributed by atoms with E-state index in [4.69, 9.17) is 4.74 Å². The van der Waals surface area contributed by atoms with E-state index in [0.29, 0.717) is 5.56 Å². The van der Waals surface area contributed by atoms with Gasteiger partial charge < -0.3 is 10.1 Å². The van der Waals surface area contributed by atoms with Gasteiger partial charge >= 0.3 is 5.97 Å². The molecule has 0 unspecified atom stereocenters. The summed E-state index contributed by atoms with van der Waals surface area (Å²) in [4.78, 5) is 25.9. The maximum absolute atomic E-state index is 13.1. The van der Waals surface area contributed by atoms with Crippen LogP contribution in [-0.4, -0.2) is 17.9 Å². The van der Waals surface area contributed by atoms with Gasteiger partial charge in [0.2, 0.25) is 6.10 Å². The van der Waals surface area contributed by atoms with Crippen molar-refractivity contribution in [2.24, 2.45) is 5.92 Å². The molecule has 1 aliphatic rings. The summed E-state index contributed by atoms with van der Waals surface area (Å²) in [6, 6.07) is 19.1. The minimum Gasteiger partial charge on any atom is -0.447 e. The Bertz CT molecular complexity index is 756. The largest absolute Gasteiger partial charge is 0.447 e. The van der Waals surface area contributed by atoms with Crippen LogP contribution in [0.25, 0.3) is 0 Å². The van der Waals surface area contributed by atoms with Crippen LogP contribution >= 0.6 is 0 Å². The van der Waals surface area contributed by atoms with Crippen LogP contribution in [0.15, 0.2) is 60.7 Å². The molecule has 0 aliphatic heterocycles. The van der Waals surface area contributed by atoms with E-state index in [2.05, 4.69) is 12.2 Å². The molecule has 0 bridgehead atoms. The molecule has 0 saturated heterocycles. The van der Waals surface area contributed by atoms with Crippen molar-refractivity contribution < 1.29 is 14.3 Å². The van der Waals surface area contributed by atoms with E-state index in [0.717, 1.165) is 24.8 Å². The molecular formula is C23H27NO3. The number of carbonyl (C=O) groups excluding carboxylic acids is 2. The Labute approximate surface area is 160 Å². The number of amides is 1. The van der Waals surface area contributed by atoms with Crippen LogP contribution in [0.2, 0.25) is 0 Å². The lowest BCUT2D eigenvalue weighted by Gasteiger charge is -2.25. The number of benzene rings is 2. The highest BCUT2D eigenvalue weighted by atomic mass is 16.5. The predicted octanol–water partition coefficient (Wildman–Crippen LogP) is 4.38. The molecule has 1 aliphatic carbocycles. The minimum absolute atomic E-state index is 0.114. The third-order valence-electron chi connectivity index (χ3n) is 5.12. The van der Waals surface area contributed by atoms with Gasteiger partial charge in [-0.25, -0.2) is 0 Å². The van der Waals surface area contributed by atoms with Crippen LogP contribution in [0.3, 0.4) is 0 Å². The molecular weight excluding hydrogens is 338 g/mol. The number of esters is 1. The number of carbonyl (C=O) groups is 2. The first-order chi connectivity index (χ1) is 13.1. The number of hydrogen-bond acceptors (Lipinski definition) is 3. The maximum Gasteiger partial charge on any atom is 0.314 e. The molecule has 0 heterocycles. The number of nitrogens with one attached hydrogen (secondary N) is 1. The Morgan fingerprint density at radius 1 is 1.00 bits per heavy atom. The first kappa shape index (κ1) is 19.2. The Kier molecular flexibility index (Phi) is 6.28. The molecule has 3 atom stereocenters. The average molecular weight is 365 g/mol. The molecule has 142 valence electrons. The van der Waals surface area contributed by atoms with E-state index < -0.39 is 12.0 Å². The smallest absolute Gasteiger partial charge is 0.314 e. The van der Waals surface area contributed by atoms with Gasteiger partial charge in [0.1, 0.15) is 0 Å². The number of hydrogen-bond donors (Lipinski definition) is 1. The van der Waals surface area contributed by atoms with Gasteiger partial charge in [0.25, 0.3) is 5.91 Å². The van der Waals surface area contributed by atoms with E-state index in [1.165, 1.54) is 0 Å². The third kappa shape index (κ3) is 4.97. The summed E-state index contributed by atoms with van der Waals surface area (Å²) in [5.74, 6) is -0.873. The van der Waals surface area contributed by atoms with Gasteiger partial charge in [-0.2, -0.15) is 0 Å². The fraction of sp³-hybridized carbons (Fsp3) is 0.391. The van der Waals surface area contributed by atoms with Crippen molar-refractivity contribution in [3.8, 4) is 0 Å². The minimum atomic E-state index is -0.922. The lowest BCUT2D eigenvalue weighted by molar-refractivity contribution is -0.159. The molecule has 27 heavy (non-hydrogen) atoms. The zero-order valence-corrected chi connectivity index (χ0v) is 15.9. The van der Waals surface area contributed by atoms with Crippen LogP contribution in [0.1, 0.15) is 56.3 Å². The molecule has 0 spiro atoms. The highest BCUT2D eigenvalue weighted by Crippen LogP contribution is 2.31. The topological polar surface area (TPSA) is 55.4 Å². The quantitative estimate of drug-likeness (QED) is 0.706. The van der Waals surface area contributed by atoms with Crippen LogP contribution in [-0.2, 0) is 14.3 Å². The van der Waals surface area contributed by atoms with Crippen molar-refractivity contribution in [2.45, 2.75) is 51.2 Å². The molecule has 1 saturated carbocycles. The van der Waals surface area contributed by atoms with Crippen molar-refractivity contribution in [2.75, 3.05) is 0 Å². The Balaban J connectivity index is 1.84. The molecule has 1 fully saturated rings. The molecule has 0 aromatic heterocycles. The highest BCUT2D eigenvalue weighted by molar-refractivity contribution is 5.87. The molecule has 1 amide bonds. The van der Waals surface area contributed by atoms with Crippen LogP contribution in [0, 0.1) is 5.92 Å². The number of ether oxygens (including phenoxy) is 1. The van der Waals surface area contributed by atoms with E-state index in [-0.39, 0.29) is 23.8 Å². The highest BCUT2D eigenvalue weighted by Gasteiger charge is 2.34. The maximum atomic E-state index is 13.1. The molecule has 4 heteroatoms. The summed E-state index contributed by atoms with van der Waals surface area (Å²) < 4.78 is 5.82. The van der Waals surface area contributed by atoms with E-state index in [1.54, 1.807) is 0 Å². The predicted molar refractivity (Wildman–Crippen MR) is 105 cm³/mol. The standard InChI is InChI=1S/C23H27NO3/c1-3-16(2)20(17-10-6-4-7-11-17)23(26)27-21(18-12-8-5-9-13-18)22(25)24-19-14-15-19/h4-13,16,19-21H,3,14-15H2,1-2H3,(H,24,25)/t16-,20-,21+/m1/s1. The summed E-state index contributed by atoms with van der Waals surface area (Å²) in [5.41, 5.74) is 1.62. The van der Waals surface area contributed by atoms with Gasteiger partial charge in [-0.3, -0.25) is 9.59 Å². The normalized spacial score (nSPS) is 16.8. The van der Waals surface area contributed by atoms with Gasteiger partial charge in [0.05, 0.1) is 5.92 Å². The first-order valence-electron chi connectivity index (χ1n) is 9.71. The Morgan fingerprint density at radius 3 is 2.07 bits per heavy atom. The second kappa shape index (κ2) is 8.85. The SMILES string of the molecule is CC[C@@H](C)[C@@H](C(=O)O[C@H](C(=O)NC1CC1)c1ccccc1)c1ccccc1. The van der Waals surface area contributed by atoms with Gasteiger partial charge in [-0.15, -0.1) is 0 Å². The molecule has 4 nitrogen and oxygen atoms in total. The molecule has 0 radical (unpaired) electrons. The zero-order chi connectivity index (χ0) is 19.2. The summed E-state index contributed by atoms with van der Waals surface area (Å²) in [5, 5.41) is 2.96. The van der Waals surface area contributed by atoms with Gasteiger partial charge in [0.15, 0.2) is 0 Å². The van der Waals surface area contributed by atoms with Gasteiger partial charge in [0, 0.05) is 11.6 Å². The lowest BCUT2D eigenvalue weighted by Crippen LogP contribution is -2.35. The molecule has 3 rings (SSSR count). The molecule has 2 aromatic carbocycles. The molecule has 2 aromatic rings. The van der Waals surface area contributed by atoms with Crippen molar-refractivity contribution >= 4 is 11.9 Å².